The topological polar surface area (TPSA) is 0 Å². The molecular formula is C14H10. The molecule has 2 rings (SSSR count). The Balaban J connectivity index is 2.35. The van der Waals surface area contributed by atoms with Gasteiger partial charge in [0.05, 0.1) is 0 Å². The molecule has 0 aliphatic carbocycles. The Kier molecular flexibility index (Phi) is 2.46. The van der Waals surface area contributed by atoms with Gasteiger partial charge >= 0.3 is 0 Å². The maximum atomic E-state index is 7.97. The predicted octanol–water partition coefficient (Wildman–Crippen LogP) is 3.43. The summed E-state index contributed by atoms with van der Waals surface area (Å²) in [4.78, 5) is 0. The highest BCUT2D eigenvalue weighted by atomic mass is 14.0. The lowest BCUT2D eigenvalue weighted by molar-refractivity contribution is 1.55. The van der Waals surface area contributed by atoms with Crippen molar-refractivity contribution in [3.05, 3.63) is 78.4 Å². The Bertz CT molecular complexity index is 371. The first kappa shape index (κ1) is 8.76. The molecule has 0 atom stereocenters. The molecule has 2 aromatic rings. The number of rotatable bonds is 2. The molecule has 0 bridgehead atoms. The Morgan fingerprint density at radius 3 is 1.36 bits per heavy atom. The van der Waals surface area contributed by atoms with E-state index >= 15 is 0 Å². The van der Waals surface area contributed by atoms with E-state index < -0.39 is 0 Å². The van der Waals surface area contributed by atoms with Crippen LogP contribution >= 0.6 is 0 Å². The van der Waals surface area contributed by atoms with Crippen molar-refractivity contribution in [3.8, 4) is 0 Å². The Morgan fingerprint density at radius 2 is 1.00 bits per heavy atom. The van der Waals surface area contributed by atoms with Crippen LogP contribution in [0.15, 0.2) is 60.7 Å². The highest BCUT2D eigenvalue weighted by molar-refractivity contribution is 5.76. The lowest BCUT2D eigenvalue weighted by atomic mass is 10.0. The summed E-state index contributed by atoms with van der Waals surface area (Å²) in [6, 6.07) is 19.5. The van der Waals surface area contributed by atoms with Gasteiger partial charge in [-0.05, 0) is 23.3 Å². The molecule has 0 unspecified atom stereocenters. The second-order valence-electron chi connectivity index (χ2n) is 3.11. The molecule has 2 radical (unpaired) electrons. The van der Waals surface area contributed by atoms with Gasteiger partial charge in [0.15, 0.2) is 0 Å². The van der Waals surface area contributed by atoms with Gasteiger partial charge in [0.1, 0.15) is 0 Å². The third kappa shape index (κ3) is 1.74. The molecule has 0 fully saturated rings. The molecule has 0 heteroatoms. The van der Waals surface area contributed by atoms with Crippen LogP contribution in [0.3, 0.4) is 0 Å². The molecule has 0 aliphatic heterocycles. The van der Waals surface area contributed by atoms with E-state index in [2.05, 4.69) is 0 Å². The van der Waals surface area contributed by atoms with E-state index in [1.165, 1.54) is 0 Å². The van der Waals surface area contributed by atoms with Gasteiger partial charge in [-0.15, -0.1) is 0 Å². The summed E-state index contributed by atoms with van der Waals surface area (Å²) in [6.07, 6.45) is 0. The van der Waals surface area contributed by atoms with E-state index in [-0.39, 0.29) is 0 Å². The standard InChI is InChI=1S/C14H10/c1-12(13-8-4-2-5-9-13)14-10-6-3-7-11-14/h2-11H. The van der Waals surface area contributed by atoms with Crippen molar-refractivity contribution in [2.45, 2.75) is 0 Å². The van der Waals surface area contributed by atoms with Gasteiger partial charge in [-0.25, -0.2) is 0 Å². The van der Waals surface area contributed by atoms with Crippen molar-refractivity contribution in [3.63, 3.8) is 0 Å². The summed E-state index contributed by atoms with van der Waals surface area (Å²) >= 11 is 0. The van der Waals surface area contributed by atoms with Gasteiger partial charge in [-0.1, -0.05) is 60.7 Å². The number of hydrogen-bond donors (Lipinski definition) is 0. The first-order chi connectivity index (χ1) is 6.88. The van der Waals surface area contributed by atoms with E-state index in [9.17, 15) is 0 Å². The maximum Gasteiger partial charge on any atom is -0.0000936 e. The fourth-order valence-corrected chi connectivity index (χ4v) is 1.38. The van der Waals surface area contributed by atoms with Gasteiger partial charge in [0, 0.05) is 0 Å². The molecule has 0 aliphatic rings. The minimum absolute atomic E-state index is 0.575. The second-order valence-corrected chi connectivity index (χ2v) is 3.11. The van der Waals surface area contributed by atoms with Crippen molar-refractivity contribution >= 4 is 5.57 Å². The monoisotopic (exact) mass is 178 g/mol. The molecule has 0 spiro atoms. The van der Waals surface area contributed by atoms with Gasteiger partial charge in [0.25, 0.3) is 0 Å². The summed E-state index contributed by atoms with van der Waals surface area (Å²) in [5.74, 6) is 0. The zero-order chi connectivity index (χ0) is 9.80. The van der Waals surface area contributed by atoms with Crippen LogP contribution in [0.2, 0.25) is 0 Å². The summed E-state index contributed by atoms with van der Waals surface area (Å²) < 4.78 is 0. The lowest BCUT2D eigenvalue weighted by Crippen LogP contribution is -1.84. The van der Waals surface area contributed by atoms with Crippen molar-refractivity contribution in [2.75, 3.05) is 0 Å². The highest BCUT2D eigenvalue weighted by Crippen LogP contribution is 2.19. The molecule has 0 aromatic heterocycles. The van der Waals surface area contributed by atoms with Crippen molar-refractivity contribution < 1.29 is 0 Å². The number of hydrogen-bond acceptors (Lipinski definition) is 0. The fraction of sp³-hybridized carbons (Fsp3) is 0. The zero-order valence-electron chi connectivity index (χ0n) is 7.77. The van der Waals surface area contributed by atoms with Crippen LogP contribution in [0, 0.1) is 6.58 Å². The Hall–Kier alpha value is -1.82. The van der Waals surface area contributed by atoms with E-state index in [1.807, 2.05) is 60.7 Å². The molecule has 0 N–H and O–H groups in total. The third-order valence-corrected chi connectivity index (χ3v) is 2.12. The van der Waals surface area contributed by atoms with Crippen LogP contribution in [0.4, 0.5) is 0 Å². The number of benzene rings is 2. The summed E-state index contributed by atoms with van der Waals surface area (Å²) in [5, 5.41) is 0. The van der Waals surface area contributed by atoms with Gasteiger partial charge in [-0.2, -0.15) is 0 Å². The Morgan fingerprint density at radius 1 is 0.643 bits per heavy atom. The first-order valence-corrected chi connectivity index (χ1v) is 4.57. The normalized spacial score (nSPS) is 9.71. The van der Waals surface area contributed by atoms with Gasteiger partial charge in [-0.3, -0.25) is 0 Å². The Labute approximate surface area is 84.5 Å². The molecule has 0 heterocycles. The quantitative estimate of drug-likeness (QED) is 0.661. The SMILES string of the molecule is [C]=C(c1ccccc1)c1ccccc1. The van der Waals surface area contributed by atoms with Crippen LogP contribution in [-0.2, 0) is 0 Å². The van der Waals surface area contributed by atoms with E-state index in [1.54, 1.807) is 0 Å². The van der Waals surface area contributed by atoms with Crippen LogP contribution in [0.1, 0.15) is 11.1 Å². The minimum Gasteiger partial charge on any atom is -0.0622 e. The van der Waals surface area contributed by atoms with Gasteiger partial charge in [0.2, 0.25) is 0 Å². The average molecular weight is 178 g/mol. The first-order valence-electron chi connectivity index (χ1n) is 4.57. The fourth-order valence-electron chi connectivity index (χ4n) is 1.38. The molecule has 14 heavy (non-hydrogen) atoms. The summed E-state index contributed by atoms with van der Waals surface area (Å²) in [7, 11) is 0. The van der Waals surface area contributed by atoms with Crippen LogP contribution in [-0.4, -0.2) is 0 Å². The van der Waals surface area contributed by atoms with Crippen LogP contribution in [0.25, 0.3) is 5.57 Å². The largest absolute Gasteiger partial charge is 0.0622 e. The lowest BCUT2D eigenvalue weighted by Gasteiger charge is -2.04. The molecule has 0 saturated carbocycles. The van der Waals surface area contributed by atoms with Gasteiger partial charge < -0.3 is 0 Å². The average Bonchev–Trinajstić information content (AvgIpc) is 2.30. The molecule has 66 valence electrons. The molecular weight excluding hydrogens is 168 g/mol. The van der Waals surface area contributed by atoms with Crippen molar-refractivity contribution in [1.29, 1.82) is 0 Å². The highest BCUT2D eigenvalue weighted by Gasteiger charge is 1.99. The smallest absolute Gasteiger partial charge is 0.0000936 e. The van der Waals surface area contributed by atoms with Crippen molar-refractivity contribution in [2.24, 2.45) is 0 Å². The zero-order valence-corrected chi connectivity index (χ0v) is 7.77. The maximum absolute atomic E-state index is 7.97. The predicted molar refractivity (Wildman–Crippen MR) is 58.6 cm³/mol. The molecule has 0 nitrogen and oxygen atoms in total. The molecule has 2 aromatic carbocycles. The van der Waals surface area contributed by atoms with E-state index in [0.29, 0.717) is 5.57 Å². The van der Waals surface area contributed by atoms with E-state index in [0.717, 1.165) is 11.1 Å². The van der Waals surface area contributed by atoms with Crippen LogP contribution < -0.4 is 0 Å². The van der Waals surface area contributed by atoms with Crippen molar-refractivity contribution in [1.82, 2.24) is 0 Å². The molecule has 0 saturated heterocycles. The second kappa shape index (κ2) is 3.93. The third-order valence-electron chi connectivity index (χ3n) is 2.12. The minimum atomic E-state index is 0.575. The van der Waals surface area contributed by atoms with Crippen LogP contribution in [0.5, 0.6) is 0 Å². The summed E-state index contributed by atoms with van der Waals surface area (Å²) in [5.41, 5.74) is 2.49. The summed E-state index contributed by atoms with van der Waals surface area (Å²) in [6.45, 7) is 7.97. The van der Waals surface area contributed by atoms with E-state index in [4.69, 9.17) is 6.58 Å². The molecule has 0 amide bonds.